The lowest BCUT2D eigenvalue weighted by atomic mass is 10.3. The van der Waals surface area contributed by atoms with Gasteiger partial charge >= 0.3 is 0 Å². The van der Waals surface area contributed by atoms with Gasteiger partial charge < -0.3 is 4.74 Å². The molecule has 0 aliphatic heterocycles. The molecule has 120 valence electrons. The number of nitrogens with zero attached hydrogens (tertiary/aromatic N) is 1. The monoisotopic (exact) mass is 331 g/mol. The number of aryl methyl sites for hydroxylation is 2. The molecule has 0 bridgehead atoms. The maximum absolute atomic E-state index is 13.3. The van der Waals surface area contributed by atoms with Crippen LogP contribution < -0.4 is 9.46 Å². The van der Waals surface area contributed by atoms with Gasteiger partial charge in [0, 0.05) is 12.6 Å². The lowest BCUT2D eigenvalue weighted by Gasteiger charge is -2.09. The molecule has 1 aromatic carbocycles. The molecule has 0 radical (unpaired) electrons. The number of hydrogen-bond acceptors (Lipinski definition) is 4. The lowest BCUT2D eigenvalue weighted by molar-refractivity contribution is 0.305. The summed E-state index contributed by atoms with van der Waals surface area (Å²) in [6.45, 7) is 3.00. The number of ether oxygens (including phenoxy) is 1. The molecule has 1 heterocycles. The standard InChI is InChI=1S/C13H15F2N3O3S/c1-8-13(9(2)18-17-8)22(19,20)16-5-6-21-12-4-3-10(14)7-11(12)15/h3-4,7,16H,5-6H2,1-2H3,(H,17,18). The molecule has 6 nitrogen and oxygen atoms in total. The van der Waals surface area contributed by atoms with Crippen LogP contribution in [-0.2, 0) is 10.0 Å². The second-order valence-electron chi connectivity index (χ2n) is 4.58. The Hall–Kier alpha value is -2.00. The average molecular weight is 331 g/mol. The maximum atomic E-state index is 13.3. The van der Waals surface area contributed by atoms with Crippen LogP contribution in [0, 0.1) is 25.5 Å². The SMILES string of the molecule is Cc1n[nH]c(C)c1S(=O)(=O)NCCOc1ccc(F)cc1F. The first-order valence-corrected chi connectivity index (χ1v) is 7.88. The highest BCUT2D eigenvalue weighted by molar-refractivity contribution is 7.89. The molecular weight excluding hydrogens is 316 g/mol. The molecule has 0 aliphatic rings. The number of aromatic amines is 1. The Morgan fingerprint density at radius 1 is 1.32 bits per heavy atom. The summed E-state index contributed by atoms with van der Waals surface area (Å²) in [5.74, 6) is -1.70. The lowest BCUT2D eigenvalue weighted by Crippen LogP contribution is -2.29. The first kappa shape index (κ1) is 16.4. The van der Waals surface area contributed by atoms with Gasteiger partial charge in [0.15, 0.2) is 11.6 Å². The van der Waals surface area contributed by atoms with Crippen molar-refractivity contribution in [3.8, 4) is 5.75 Å². The zero-order valence-corrected chi connectivity index (χ0v) is 12.8. The van der Waals surface area contributed by atoms with Crippen LogP contribution >= 0.6 is 0 Å². The van der Waals surface area contributed by atoms with Gasteiger partial charge in [-0.05, 0) is 26.0 Å². The van der Waals surface area contributed by atoms with E-state index in [1.165, 1.54) is 0 Å². The number of aromatic nitrogens is 2. The summed E-state index contributed by atoms with van der Waals surface area (Å²) in [5.41, 5.74) is 0.783. The number of nitrogens with one attached hydrogen (secondary N) is 2. The fraction of sp³-hybridized carbons (Fsp3) is 0.308. The largest absolute Gasteiger partial charge is 0.489 e. The van der Waals surface area contributed by atoms with Crippen molar-refractivity contribution < 1.29 is 21.9 Å². The van der Waals surface area contributed by atoms with E-state index in [-0.39, 0.29) is 23.8 Å². The fourth-order valence-electron chi connectivity index (χ4n) is 1.94. The average Bonchev–Trinajstić information content (AvgIpc) is 2.77. The van der Waals surface area contributed by atoms with Crippen molar-refractivity contribution in [1.29, 1.82) is 0 Å². The Labute approximate surface area is 126 Å². The third-order valence-corrected chi connectivity index (χ3v) is 4.60. The van der Waals surface area contributed by atoms with Crippen molar-refractivity contribution in [2.24, 2.45) is 0 Å². The van der Waals surface area contributed by atoms with E-state index in [2.05, 4.69) is 14.9 Å². The number of sulfonamides is 1. The van der Waals surface area contributed by atoms with Crippen molar-refractivity contribution in [2.75, 3.05) is 13.2 Å². The predicted octanol–water partition coefficient (Wildman–Crippen LogP) is 1.66. The highest BCUT2D eigenvalue weighted by atomic mass is 32.2. The third-order valence-electron chi connectivity index (χ3n) is 2.87. The Morgan fingerprint density at radius 2 is 2.05 bits per heavy atom. The molecule has 0 aliphatic carbocycles. The Morgan fingerprint density at radius 3 is 2.64 bits per heavy atom. The highest BCUT2D eigenvalue weighted by Gasteiger charge is 2.21. The number of H-pyrrole nitrogens is 1. The summed E-state index contributed by atoms with van der Waals surface area (Å²) in [6, 6.07) is 2.89. The summed E-state index contributed by atoms with van der Waals surface area (Å²) in [5, 5.41) is 6.40. The molecule has 0 atom stereocenters. The normalized spacial score (nSPS) is 11.6. The van der Waals surface area contributed by atoms with Crippen LogP contribution in [0.5, 0.6) is 5.75 Å². The topological polar surface area (TPSA) is 84.1 Å². The van der Waals surface area contributed by atoms with Crippen molar-refractivity contribution in [2.45, 2.75) is 18.7 Å². The summed E-state index contributed by atoms with van der Waals surface area (Å²) in [7, 11) is -3.73. The predicted molar refractivity (Wildman–Crippen MR) is 75.1 cm³/mol. The van der Waals surface area contributed by atoms with E-state index in [4.69, 9.17) is 4.74 Å². The van der Waals surface area contributed by atoms with Gasteiger partial charge in [-0.15, -0.1) is 0 Å². The molecule has 2 rings (SSSR count). The summed E-state index contributed by atoms with van der Waals surface area (Å²) in [4.78, 5) is 0.0838. The molecule has 0 saturated heterocycles. The van der Waals surface area contributed by atoms with Crippen molar-refractivity contribution in [3.63, 3.8) is 0 Å². The summed E-state index contributed by atoms with van der Waals surface area (Å²) < 4.78 is 57.7. The van der Waals surface area contributed by atoms with Gasteiger partial charge in [-0.1, -0.05) is 0 Å². The third kappa shape index (κ3) is 3.60. The van der Waals surface area contributed by atoms with Gasteiger partial charge in [-0.25, -0.2) is 21.9 Å². The van der Waals surface area contributed by atoms with E-state index >= 15 is 0 Å². The minimum Gasteiger partial charge on any atom is -0.489 e. The van der Waals surface area contributed by atoms with Crippen LogP contribution in [0.1, 0.15) is 11.4 Å². The molecule has 0 fully saturated rings. The minimum atomic E-state index is -3.73. The first-order valence-electron chi connectivity index (χ1n) is 6.40. The van der Waals surface area contributed by atoms with Crippen LogP contribution in [0.4, 0.5) is 8.78 Å². The van der Waals surface area contributed by atoms with E-state index < -0.39 is 21.7 Å². The molecular formula is C13H15F2N3O3S. The minimum absolute atomic E-state index is 0.0663. The zero-order chi connectivity index (χ0) is 16.3. The molecule has 0 unspecified atom stereocenters. The number of halogens is 2. The van der Waals surface area contributed by atoms with E-state index in [1.807, 2.05) is 0 Å². The number of benzene rings is 1. The molecule has 22 heavy (non-hydrogen) atoms. The molecule has 2 aromatic rings. The van der Waals surface area contributed by atoms with Crippen LogP contribution in [0.15, 0.2) is 23.1 Å². The van der Waals surface area contributed by atoms with E-state index in [0.717, 1.165) is 12.1 Å². The summed E-state index contributed by atoms with van der Waals surface area (Å²) in [6.07, 6.45) is 0. The van der Waals surface area contributed by atoms with Gasteiger partial charge in [0.25, 0.3) is 0 Å². The van der Waals surface area contributed by atoms with Crippen molar-refractivity contribution in [1.82, 2.24) is 14.9 Å². The second kappa shape index (κ2) is 6.41. The van der Waals surface area contributed by atoms with Crippen LogP contribution in [0.2, 0.25) is 0 Å². The van der Waals surface area contributed by atoms with E-state index in [0.29, 0.717) is 17.5 Å². The van der Waals surface area contributed by atoms with Crippen LogP contribution in [0.3, 0.4) is 0 Å². The van der Waals surface area contributed by atoms with Crippen LogP contribution in [0.25, 0.3) is 0 Å². The van der Waals surface area contributed by atoms with Gasteiger partial charge in [0.2, 0.25) is 10.0 Å². The molecule has 2 N–H and O–H groups in total. The highest BCUT2D eigenvalue weighted by Crippen LogP contribution is 2.18. The zero-order valence-electron chi connectivity index (χ0n) is 12.0. The van der Waals surface area contributed by atoms with Crippen molar-refractivity contribution in [3.05, 3.63) is 41.2 Å². The molecule has 9 heteroatoms. The van der Waals surface area contributed by atoms with E-state index in [9.17, 15) is 17.2 Å². The molecule has 0 spiro atoms. The van der Waals surface area contributed by atoms with E-state index in [1.54, 1.807) is 13.8 Å². The van der Waals surface area contributed by atoms with Crippen LogP contribution in [-0.4, -0.2) is 31.8 Å². The Bertz CT molecular complexity index is 755. The van der Waals surface area contributed by atoms with Gasteiger partial charge in [-0.2, -0.15) is 5.10 Å². The Balaban J connectivity index is 1.94. The van der Waals surface area contributed by atoms with Gasteiger partial charge in [0.1, 0.15) is 17.3 Å². The molecule has 0 saturated carbocycles. The Kier molecular flexibility index (Phi) is 4.77. The van der Waals surface area contributed by atoms with Gasteiger partial charge in [-0.3, -0.25) is 5.10 Å². The first-order chi connectivity index (χ1) is 10.3. The molecule has 0 amide bonds. The molecule has 1 aromatic heterocycles. The fourth-order valence-corrected chi connectivity index (χ4v) is 3.32. The second-order valence-corrected chi connectivity index (χ2v) is 6.29. The van der Waals surface area contributed by atoms with Gasteiger partial charge in [0.05, 0.1) is 11.4 Å². The summed E-state index contributed by atoms with van der Waals surface area (Å²) >= 11 is 0. The quantitative estimate of drug-likeness (QED) is 0.789. The number of rotatable bonds is 6. The smallest absolute Gasteiger partial charge is 0.244 e. The maximum Gasteiger partial charge on any atom is 0.244 e. The number of hydrogen-bond donors (Lipinski definition) is 2. The van der Waals surface area contributed by atoms with Crippen molar-refractivity contribution >= 4 is 10.0 Å².